The van der Waals surface area contributed by atoms with Crippen LogP contribution in [0.1, 0.15) is 28.2 Å². The van der Waals surface area contributed by atoms with Crippen LogP contribution in [0.2, 0.25) is 0 Å². The van der Waals surface area contributed by atoms with E-state index in [1.807, 2.05) is 29.2 Å². The first-order valence-electron chi connectivity index (χ1n) is 8.96. The molecule has 1 atom stereocenters. The minimum Gasteiger partial charge on any atom is -0.497 e. The number of amides is 2. The molecule has 1 aromatic carbocycles. The maximum atomic E-state index is 12.8. The van der Waals surface area contributed by atoms with Crippen LogP contribution in [-0.4, -0.2) is 37.3 Å². The predicted molar refractivity (Wildman–Crippen MR) is 104 cm³/mol. The predicted octanol–water partition coefficient (Wildman–Crippen LogP) is 3.96. The van der Waals surface area contributed by atoms with Crippen molar-refractivity contribution in [1.82, 2.24) is 10.2 Å². The van der Waals surface area contributed by atoms with Gasteiger partial charge < -0.3 is 19.7 Å². The van der Waals surface area contributed by atoms with Gasteiger partial charge in [0.05, 0.1) is 19.8 Å². The van der Waals surface area contributed by atoms with Gasteiger partial charge in [0.1, 0.15) is 5.75 Å². The van der Waals surface area contributed by atoms with E-state index in [-0.39, 0.29) is 12.1 Å². The van der Waals surface area contributed by atoms with E-state index >= 15 is 0 Å². The molecule has 1 aliphatic rings. The Hall–Kier alpha value is -2.05. The number of ether oxygens (including phenoxy) is 2. The van der Waals surface area contributed by atoms with E-state index in [9.17, 15) is 4.79 Å². The van der Waals surface area contributed by atoms with Crippen LogP contribution in [0.3, 0.4) is 0 Å². The molecule has 3 rings (SSSR count). The average Bonchev–Trinajstić information content (AvgIpc) is 3.31. The summed E-state index contributed by atoms with van der Waals surface area (Å²) in [5, 5.41) is 3.05. The summed E-state index contributed by atoms with van der Waals surface area (Å²) in [6.07, 6.45) is 2.20. The highest BCUT2D eigenvalue weighted by Crippen LogP contribution is 2.18. The lowest BCUT2D eigenvalue weighted by Gasteiger charge is -2.26. The third-order valence-corrected chi connectivity index (χ3v) is 5.48. The molecule has 5 nitrogen and oxygen atoms in total. The number of carbonyl (C=O) groups excluding carboxylic acids is 1. The minimum atomic E-state index is -0.0534. The highest BCUT2D eigenvalue weighted by molar-refractivity contribution is 7.11. The van der Waals surface area contributed by atoms with Gasteiger partial charge in [-0.3, -0.25) is 0 Å². The number of carbonyl (C=O) groups is 1. The fourth-order valence-corrected chi connectivity index (χ4v) is 3.89. The van der Waals surface area contributed by atoms with Crippen molar-refractivity contribution in [3.63, 3.8) is 0 Å². The zero-order valence-electron chi connectivity index (χ0n) is 15.4. The van der Waals surface area contributed by atoms with Crippen molar-refractivity contribution in [2.45, 2.75) is 39.0 Å². The number of nitrogens with one attached hydrogen (secondary N) is 1. The number of methoxy groups -OCH3 is 1. The highest BCUT2D eigenvalue weighted by Gasteiger charge is 2.22. The number of hydrogen-bond donors (Lipinski definition) is 1. The normalized spacial score (nSPS) is 16.5. The molecule has 0 saturated carbocycles. The lowest BCUT2D eigenvalue weighted by molar-refractivity contribution is 0.0794. The number of hydrogen-bond acceptors (Lipinski definition) is 4. The standard InChI is InChI=1S/C20H26N2O3S/c1-15-5-10-19(26-15)12-21-20(23)22(14-18-4-3-11-25-18)13-16-6-8-17(24-2)9-7-16/h5-10,18H,3-4,11-14H2,1-2H3,(H,21,23)/t18-/m0/s1. The van der Waals surface area contributed by atoms with E-state index in [1.54, 1.807) is 18.4 Å². The Balaban J connectivity index is 1.63. The summed E-state index contributed by atoms with van der Waals surface area (Å²) < 4.78 is 10.9. The molecule has 26 heavy (non-hydrogen) atoms. The van der Waals surface area contributed by atoms with Gasteiger partial charge in [0.15, 0.2) is 0 Å². The van der Waals surface area contributed by atoms with Gasteiger partial charge in [-0.1, -0.05) is 12.1 Å². The highest BCUT2D eigenvalue weighted by atomic mass is 32.1. The summed E-state index contributed by atoms with van der Waals surface area (Å²) in [5.74, 6) is 0.817. The van der Waals surface area contributed by atoms with Gasteiger partial charge in [0, 0.05) is 29.5 Å². The molecule has 6 heteroatoms. The Morgan fingerprint density at radius 2 is 2.12 bits per heavy atom. The van der Waals surface area contributed by atoms with E-state index in [2.05, 4.69) is 24.4 Å². The van der Waals surface area contributed by atoms with Crippen LogP contribution in [0.25, 0.3) is 0 Å². The first-order valence-corrected chi connectivity index (χ1v) is 9.78. The van der Waals surface area contributed by atoms with Crippen LogP contribution in [0, 0.1) is 6.92 Å². The smallest absolute Gasteiger partial charge is 0.318 e. The molecule has 0 spiro atoms. The van der Waals surface area contributed by atoms with Crippen molar-refractivity contribution < 1.29 is 14.3 Å². The van der Waals surface area contributed by atoms with Crippen molar-refractivity contribution in [3.05, 3.63) is 51.7 Å². The van der Waals surface area contributed by atoms with Crippen molar-refractivity contribution >= 4 is 17.4 Å². The van der Waals surface area contributed by atoms with Gasteiger partial charge in [0.25, 0.3) is 0 Å². The summed E-state index contributed by atoms with van der Waals surface area (Å²) in [6.45, 7) is 4.59. The largest absolute Gasteiger partial charge is 0.497 e. The van der Waals surface area contributed by atoms with Crippen molar-refractivity contribution in [1.29, 1.82) is 0 Å². The molecule has 1 aliphatic heterocycles. The molecule has 0 radical (unpaired) electrons. The molecule has 140 valence electrons. The summed E-state index contributed by atoms with van der Waals surface area (Å²) in [7, 11) is 1.65. The van der Waals surface area contributed by atoms with E-state index < -0.39 is 0 Å². The number of rotatable bonds is 7. The fourth-order valence-electron chi connectivity index (χ4n) is 3.06. The van der Waals surface area contributed by atoms with E-state index in [4.69, 9.17) is 9.47 Å². The summed E-state index contributed by atoms with van der Waals surface area (Å²) in [4.78, 5) is 17.0. The van der Waals surface area contributed by atoms with Gasteiger partial charge in [-0.25, -0.2) is 4.79 Å². The lowest BCUT2D eigenvalue weighted by Crippen LogP contribution is -2.43. The molecular weight excluding hydrogens is 348 g/mol. The average molecular weight is 375 g/mol. The number of aryl methyl sites for hydroxylation is 1. The Kier molecular flexibility index (Phi) is 6.52. The molecule has 0 aliphatic carbocycles. The monoisotopic (exact) mass is 374 g/mol. The van der Waals surface area contributed by atoms with Crippen LogP contribution in [0.15, 0.2) is 36.4 Å². The van der Waals surface area contributed by atoms with Gasteiger partial charge in [-0.2, -0.15) is 0 Å². The molecule has 2 amide bonds. The Labute approximate surface area is 158 Å². The molecule has 1 saturated heterocycles. The third kappa shape index (κ3) is 5.22. The second-order valence-electron chi connectivity index (χ2n) is 6.53. The number of benzene rings is 1. The zero-order valence-corrected chi connectivity index (χ0v) is 16.2. The topological polar surface area (TPSA) is 50.8 Å². The third-order valence-electron chi connectivity index (χ3n) is 4.48. The molecule has 1 aromatic heterocycles. The summed E-state index contributed by atoms with van der Waals surface area (Å²) >= 11 is 1.71. The fraction of sp³-hybridized carbons (Fsp3) is 0.450. The lowest BCUT2D eigenvalue weighted by atomic mass is 10.2. The van der Waals surface area contributed by atoms with Crippen LogP contribution in [0.5, 0.6) is 5.75 Å². The minimum absolute atomic E-state index is 0.0534. The summed E-state index contributed by atoms with van der Waals surface area (Å²) in [5.41, 5.74) is 1.07. The second kappa shape index (κ2) is 9.05. The van der Waals surface area contributed by atoms with E-state index in [0.29, 0.717) is 19.6 Å². The zero-order chi connectivity index (χ0) is 18.4. The van der Waals surface area contributed by atoms with Crippen LogP contribution in [0.4, 0.5) is 4.79 Å². The van der Waals surface area contributed by atoms with Crippen molar-refractivity contribution in [2.75, 3.05) is 20.3 Å². The molecular formula is C20H26N2O3S. The number of urea groups is 1. The van der Waals surface area contributed by atoms with Gasteiger partial charge in [-0.05, 0) is 49.6 Å². The molecule has 0 unspecified atom stereocenters. The molecule has 2 aromatic rings. The van der Waals surface area contributed by atoms with E-state index in [0.717, 1.165) is 35.6 Å². The van der Waals surface area contributed by atoms with Crippen molar-refractivity contribution in [3.8, 4) is 5.75 Å². The molecule has 1 N–H and O–H groups in total. The maximum absolute atomic E-state index is 12.8. The molecule has 2 heterocycles. The first kappa shape index (κ1) is 18.7. The quantitative estimate of drug-likeness (QED) is 0.798. The van der Waals surface area contributed by atoms with Gasteiger partial charge in [0.2, 0.25) is 0 Å². The van der Waals surface area contributed by atoms with Crippen LogP contribution >= 0.6 is 11.3 Å². The van der Waals surface area contributed by atoms with Gasteiger partial charge >= 0.3 is 6.03 Å². The first-order chi connectivity index (χ1) is 12.6. The maximum Gasteiger partial charge on any atom is 0.318 e. The van der Waals surface area contributed by atoms with Crippen LogP contribution in [-0.2, 0) is 17.8 Å². The SMILES string of the molecule is COc1ccc(CN(C[C@@H]2CCCO2)C(=O)NCc2ccc(C)s2)cc1. The second-order valence-corrected chi connectivity index (χ2v) is 7.91. The Morgan fingerprint density at radius 1 is 1.31 bits per heavy atom. The molecule has 1 fully saturated rings. The summed E-state index contributed by atoms with van der Waals surface area (Å²) in [6, 6.07) is 11.9. The molecule has 0 bridgehead atoms. The Bertz CT molecular complexity index is 708. The Morgan fingerprint density at radius 3 is 2.73 bits per heavy atom. The van der Waals surface area contributed by atoms with Crippen LogP contribution < -0.4 is 10.1 Å². The number of thiophene rings is 1. The van der Waals surface area contributed by atoms with E-state index in [1.165, 1.54) is 4.88 Å². The van der Waals surface area contributed by atoms with Crippen molar-refractivity contribution in [2.24, 2.45) is 0 Å². The van der Waals surface area contributed by atoms with Gasteiger partial charge in [-0.15, -0.1) is 11.3 Å². The number of nitrogens with zero attached hydrogens (tertiary/aromatic N) is 1.